The average Bonchev–Trinajstić information content (AvgIpc) is 3.41. The number of urea groups is 1. The highest BCUT2D eigenvalue weighted by Gasteiger charge is 2.61. The number of Topliss-reactive ketones (excluding diaryl/α,β-unsaturated/α-hetero) is 1. The van der Waals surface area contributed by atoms with Gasteiger partial charge in [0.05, 0.1) is 28.3 Å². The molecule has 0 fully saturated rings. The van der Waals surface area contributed by atoms with Gasteiger partial charge in [-0.2, -0.15) is 0 Å². The Bertz CT molecular complexity index is 2650. The number of halogens is 1. The first-order valence-electron chi connectivity index (χ1n) is 23.2. The molecule has 368 valence electrons. The van der Waals surface area contributed by atoms with Crippen LogP contribution in [0.2, 0.25) is 5.02 Å². The Morgan fingerprint density at radius 2 is 1.56 bits per heavy atom. The number of ketones is 1. The third-order valence-electron chi connectivity index (χ3n) is 12.8. The number of likely N-dealkylation sites (N-methyl/N-ethyl adjacent to an activating group) is 1. The quantitative estimate of drug-likeness (QED) is 0.0667. The number of aryl methyl sites for hydroxylation is 1. The van der Waals surface area contributed by atoms with E-state index < -0.39 is 50.9 Å². The van der Waals surface area contributed by atoms with Crippen LogP contribution < -0.4 is 39.9 Å². The molecule has 0 saturated heterocycles. The van der Waals surface area contributed by atoms with Gasteiger partial charge in [0.15, 0.2) is 6.10 Å². The molecule has 0 radical (unpaired) electrons. The third-order valence-corrected chi connectivity index (χ3v) is 13.8. The van der Waals surface area contributed by atoms with E-state index in [1.54, 1.807) is 76.2 Å². The standard InChI is InChI=1S/C52H69ClN6O8S/c1-14-42(66-43-27-22-34(50(9,10)15-2)31-37(43)51(11,12)16-3)45(60)55-35-23-25-38(53)40(32-35)56-47(62)52(46(61)49(6,7)8)59(48(63)57-39-20-18-19-21-44(39)67-52)41-26-24-36(30-33(41)5)58(17-4)29-28-54-68(13,64)65/h18-27,30-32,42,54H,14-17,28-29H2,1-13H3,(H,55,60)(H,56,62)(H,57,63). The number of fused-ring (bicyclic) bond motifs is 1. The number of carbonyl (C=O) groups excluding carboxylic acids is 4. The number of anilines is 5. The lowest BCUT2D eigenvalue weighted by molar-refractivity contribution is -0.150. The summed E-state index contributed by atoms with van der Waals surface area (Å²) < 4.78 is 39.2. The molecule has 5 rings (SSSR count). The van der Waals surface area contributed by atoms with E-state index in [1.165, 1.54) is 17.7 Å². The number of rotatable bonds is 19. The van der Waals surface area contributed by atoms with Crippen molar-refractivity contribution in [2.75, 3.05) is 51.6 Å². The summed E-state index contributed by atoms with van der Waals surface area (Å²) in [5.41, 5.74) is -0.112. The lowest BCUT2D eigenvalue weighted by Crippen LogP contribution is -2.70. The number of ether oxygens (including phenoxy) is 2. The van der Waals surface area contributed by atoms with Crippen LogP contribution in [-0.2, 0) is 35.2 Å². The number of nitrogens with one attached hydrogen (secondary N) is 4. The fraction of sp³-hybridized carbons (Fsp3) is 0.462. The summed E-state index contributed by atoms with van der Waals surface area (Å²) in [6.07, 6.45) is 2.36. The van der Waals surface area contributed by atoms with Gasteiger partial charge in [0.1, 0.15) is 11.5 Å². The largest absolute Gasteiger partial charge is 0.480 e. The first kappa shape index (κ1) is 53.3. The minimum Gasteiger partial charge on any atom is -0.480 e. The maximum Gasteiger partial charge on any atom is 0.331 e. The molecular formula is C52H69ClN6O8S. The molecule has 16 heteroatoms. The number of carbonyl (C=O) groups is 4. The minimum atomic E-state index is -3.42. The number of sulfonamides is 1. The van der Waals surface area contributed by atoms with Gasteiger partial charge in [-0.25, -0.2) is 22.8 Å². The Morgan fingerprint density at radius 1 is 0.882 bits per heavy atom. The molecule has 68 heavy (non-hydrogen) atoms. The highest BCUT2D eigenvalue weighted by atomic mass is 35.5. The van der Waals surface area contributed by atoms with Crippen LogP contribution in [0, 0.1) is 12.3 Å². The van der Waals surface area contributed by atoms with E-state index in [0.29, 0.717) is 36.5 Å². The van der Waals surface area contributed by atoms with Crippen LogP contribution in [0.5, 0.6) is 11.5 Å². The predicted molar refractivity (Wildman–Crippen MR) is 274 cm³/mol. The first-order valence-corrected chi connectivity index (χ1v) is 25.5. The monoisotopic (exact) mass is 972 g/mol. The summed E-state index contributed by atoms with van der Waals surface area (Å²) in [7, 11) is -3.42. The molecule has 0 aromatic heterocycles. The average molecular weight is 974 g/mol. The van der Waals surface area contributed by atoms with Gasteiger partial charge in [-0.1, -0.05) is 105 Å². The molecule has 2 atom stereocenters. The molecule has 4 aromatic carbocycles. The van der Waals surface area contributed by atoms with Gasteiger partial charge in [-0.3, -0.25) is 14.4 Å². The Morgan fingerprint density at radius 3 is 2.16 bits per heavy atom. The Balaban J connectivity index is 1.55. The van der Waals surface area contributed by atoms with E-state index in [0.717, 1.165) is 29.6 Å². The molecule has 1 aliphatic rings. The van der Waals surface area contributed by atoms with Crippen LogP contribution in [0.1, 0.15) is 112 Å². The van der Waals surface area contributed by atoms with E-state index in [1.807, 2.05) is 24.8 Å². The Kier molecular flexibility index (Phi) is 16.4. The van der Waals surface area contributed by atoms with Gasteiger partial charge in [0, 0.05) is 42.0 Å². The summed E-state index contributed by atoms with van der Waals surface area (Å²) >= 11 is 6.79. The summed E-state index contributed by atoms with van der Waals surface area (Å²) in [5, 5.41) is 8.66. The van der Waals surface area contributed by atoms with Crippen LogP contribution in [0.25, 0.3) is 0 Å². The Labute approximate surface area is 407 Å². The van der Waals surface area contributed by atoms with Crippen molar-refractivity contribution in [2.45, 2.75) is 125 Å². The van der Waals surface area contributed by atoms with Crippen molar-refractivity contribution >= 4 is 73.7 Å². The molecule has 14 nitrogen and oxygen atoms in total. The van der Waals surface area contributed by atoms with Crippen LogP contribution >= 0.6 is 11.6 Å². The zero-order chi connectivity index (χ0) is 50.6. The van der Waals surface area contributed by atoms with E-state index >= 15 is 9.59 Å². The van der Waals surface area contributed by atoms with Crippen molar-refractivity contribution in [3.63, 3.8) is 0 Å². The molecule has 4 amide bonds. The SMILES string of the molecule is CCC(Oc1ccc(C(C)(C)CC)cc1C(C)(C)CC)C(=O)Nc1ccc(Cl)c(NC(=O)C2(C(=O)C(C)(C)C)Oc3ccccc3NC(=O)N2c2ccc(N(CC)CCNS(C)(=O)=O)cc2C)c1. The lowest BCUT2D eigenvalue weighted by atomic mass is 9.76. The maximum absolute atomic E-state index is 15.4. The van der Waals surface area contributed by atoms with Crippen molar-refractivity contribution < 1.29 is 37.1 Å². The smallest absolute Gasteiger partial charge is 0.331 e. The van der Waals surface area contributed by atoms with Gasteiger partial charge >= 0.3 is 11.8 Å². The fourth-order valence-electron chi connectivity index (χ4n) is 7.87. The highest BCUT2D eigenvalue weighted by Crippen LogP contribution is 2.43. The van der Waals surface area contributed by atoms with Gasteiger partial charge in [-0.05, 0) is 110 Å². The molecule has 4 N–H and O–H groups in total. The molecule has 0 bridgehead atoms. The summed E-state index contributed by atoms with van der Waals surface area (Å²) in [6, 6.07) is 21.6. The minimum absolute atomic E-state index is 0.0282. The molecule has 0 aliphatic carbocycles. The third kappa shape index (κ3) is 11.8. The van der Waals surface area contributed by atoms with Crippen LogP contribution in [0.4, 0.5) is 33.2 Å². The lowest BCUT2D eigenvalue weighted by Gasteiger charge is -2.42. The van der Waals surface area contributed by atoms with E-state index in [-0.39, 0.29) is 50.9 Å². The van der Waals surface area contributed by atoms with Crippen molar-refractivity contribution in [3.05, 3.63) is 101 Å². The van der Waals surface area contributed by atoms with E-state index in [4.69, 9.17) is 21.1 Å². The van der Waals surface area contributed by atoms with Crippen molar-refractivity contribution in [1.29, 1.82) is 0 Å². The Hall–Kier alpha value is -5.64. The van der Waals surface area contributed by atoms with E-state index in [9.17, 15) is 18.0 Å². The summed E-state index contributed by atoms with van der Waals surface area (Å²) in [4.78, 5) is 62.3. The van der Waals surface area contributed by atoms with Crippen LogP contribution in [0.15, 0.2) is 78.9 Å². The van der Waals surface area contributed by atoms with Crippen molar-refractivity contribution in [2.24, 2.45) is 5.41 Å². The molecule has 0 saturated carbocycles. The molecule has 4 aromatic rings. The predicted octanol–water partition coefficient (Wildman–Crippen LogP) is 10.6. The number of para-hydroxylation sites is 2. The highest BCUT2D eigenvalue weighted by molar-refractivity contribution is 7.88. The van der Waals surface area contributed by atoms with Gasteiger partial charge < -0.3 is 30.3 Å². The normalized spacial score (nSPS) is 15.9. The van der Waals surface area contributed by atoms with Gasteiger partial charge in [0.2, 0.25) is 15.8 Å². The molecule has 2 unspecified atom stereocenters. The summed E-state index contributed by atoms with van der Waals surface area (Å²) in [5.74, 6) is -1.52. The second kappa shape index (κ2) is 20.9. The number of nitrogens with zero attached hydrogens (tertiary/aromatic N) is 2. The molecular weight excluding hydrogens is 904 g/mol. The number of benzene rings is 4. The van der Waals surface area contributed by atoms with Crippen molar-refractivity contribution in [1.82, 2.24) is 4.72 Å². The molecule has 1 aliphatic heterocycles. The molecule has 1 heterocycles. The molecule has 0 spiro atoms. The summed E-state index contributed by atoms with van der Waals surface area (Å²) in [6.45, 7) is 24.5. The van der Waals surface area contributed by atoms with Gasteiger partial charge in [-0.15, -0.1) is 0 Å². The van der Waals surface area contributed by atoms with Gasteiger partial charge in [0.25, 0.3) is 11.8 Å². The first-order chi connectivity index (χ1) is 31.7. The van der Waals surface area contributed by atoms with Crippen LogP contribution in [-0.4, -0.2) is 69.8 Å². The number of amides is 4. The zero-order valence-corrected chi connectivity index (χ0v) is 43.3. The fourth-order valence-corrected chi connectivity index (χ4v) is 8.50. The number of hydrogen-bond acceptors (Lipinski definition) is 9. The topological polar surface area (TPSA) is 175 Å². The van der Waals surface area contributed by atoms with Crippen LogP contribution in [0.3, 0.4) is 0 Å². The van der Waals surface area contributed by atoms with Crippen molar-refractivity contribution in [3.8, 4) is 11.5 Å². The zero-order valence-electron chi connectivity index (χ0n) is 41.8. The maximum atomic E-state index is 15.4. The second-order valence-corrected chi connectivity index (χ2v) is 21.9. The second-order valence-electron chi connectivity index (χ2n) is 19.6. The van der Waals surface area contributed by atoms with E-state index in [2.05, 4.69) is 74.3 Å². The number of hydrogen-bond donors (Lipinski definition) is 4.